The van der Waals surface area contributed by atoms with Crippen LogP contribution in [0.2, 0.25) is 0 Å². The molecule has 13 heteroatoms. The van der Waals surface area contributed by atoms with E-state index in [0.717, 1.165) is 17.5 Å². The summed E-state index contributed by atoms with van der Waals surface area (Å²) in [4.78, 5) is 0. The fraction of sp³-hybridized carbons (Fsp3) is 0.357. The molecule has 0 aliphatic heterocycles. The molecule has 2 aromatic rings. The molecule has 0 bridgehead atoms. The van der Waals surface area contributed by atoms with Crippen molar-refractivity contribution in [1.29, 1.82) is 0 Å². The Morgan fingerprint density at radius 1 is 1.48 bits per heavy atom. The van der Waals surface area contributed by atoms with E-state index in [4.69, 9.17) is 9.88 Å². The van der Waals surface area contributed by atoms with Crippen LogP contribution < -0.4 is 19.9 Å². The molecule has 1 heterocycles. The number of aromatic nitrogens is 2. The van der Waals surface area contributed by atoms with Crippen LogP contribution in [0.4, 0.5) is 4.39 Å². The number of oxime groups is 1. The number of fused-ring (bicyclic) bond motifs is 1. The summed E-state index contributed by atoms with van der Waals surface area (Å²) in [7, 11) is -3.84. The second kappa shape index (κ2) is 7.85. The fourth-order valence-corrected chi connectivity index (χ4v) is 3.15. The van der Waals surface area contributed by atoms with Gasteiger partial charge in [0.05, 0.1) is 6.04 Å². The van der Waals surface area contributed by atoms with Crippen molar-refractivity contribution in [2.75, 3.05) is 13.2 Å². The molecular weight excluding hydrogens is 383 g/mol. The van der Waals surface area contributed by atoms with Gasteiger partial charge >= 0.3 is 0 Å². The topological polar surface area (TPSA) is 165 Å². The summed E-state index contributed by atoms with van der Waals surface area (Å²) in [5.74, 6) is -0.545. The first-order valence-corrected chi connectivity index (χ1v) is 9.42. The zero-order chi connectivity index (χ0) is 19.4. The van der Waals surface area contributed by atoms with Crippen molar-refractivity contribution in [3.63, 3.8) is 0 Å². The highest BCUT2D eigenvalue weighted by molar-refractivity contribution is 7.87. The summed E-state index contributed by atoms with van der Waals surface area (Å²) in [5, 5.41) is 27.4. The number of nitrogens with one attached hydrogen (secondary N) is 2. The van der Waals surface area contributed by atoms with E-state index in [1.54, 1.807) is 6.07 Å². The smallest absolute Gasteiger partial charge is 0.287 e. The summed E-state index contributed by atoms with van der Waals surface area (Å²) in [5.41, 5.74) is 1.74. The van der Waals surface area contributed by atoms with Gasteiger partial charge in [-0.3, -0.25) is 0 Å². The van der Waals surface area contributed by atoms with Gasteiger partial charge in [-0.05, 0) is 46.4 Å². The second-order valence-corrected chi connectivity index (χ2v) is 7.11. The van der Waals surface area contributed by atoms with E-state index in [9.17, 15) is 18.0 Å². The average molecular weight is 400 g/mol. The predicted octanol–water partition coefficient (Wildman–Crippen LogP) is -0.206. The minimum atomic E-state index is -3.84. The zero-order valence-electron chi connectivity index (χ0n) is 13.9. The lowest BCUT2D eigenvalue weighted by atomic mass is 10.1. The number of amidine groups is 1. The van der Waals surface area contributed by atoms with E-state index in [1.807, 2.05) is 4.72 Å². The lowest BCUT2D eigenvalue weighted by Crippen LogP contribution is -2.34. The van der Waals surface area contributed by atoms with Crippen LogP contribution in [-0.2, 0) is 16.6 Å². The SMILES string of the molecule is NS(=O)(=O)NCCOc1nonc1/C(=N\O)N[C@H]1CCc2ccc(F)cc21. The number of rotatable bonds is 7. The number of hydrogen-bond acceptors (Lipinski definition) is 8. The van der Waals surface area contributed by atoms with Crippen LogP contribution >= 0.6 is 0 Å². The minimum Gasteiger partial charge on any atom is -0.472 e. The van der Waals surface area contributed by atoms with Crippen LogP contribution in [0.1, 0.15) is 29.3 Å². The van der Waals surface area contributed by atoms with Crippen molar-refractivity contribution < 1.29 is 27.4 Å². The maximum absolute atomic E-state index is 13.5. The lowest BCUT2D eigenvalue weighted by molar-refractivity contribution is 0.258. The average Bonchev–Trinajstić information content (AvgIpc) is 3.22. The Hall–Kier alpha value is -2.77. The van der Waals surface area contributed by atoms with Crippen molar-refractivity contribution in [3.05, 3.63) is 40.8 Å². The van der Waals surface area contributed by atoms with Crippen molar-refractivity contribution in [2.24, 2.45) is 10.3 Å². The molecule has 1 aliphatic carbocycles. The van der Waals surface area contributed by atoms with Gasteiger partial charge < -0.3 is 15.3 Å². The molecule has 11 nitrogen and oxygen atoms in total. The van der Waals surface area contributed by atoms with Crippen molar-refractivity contribution in [1.82, 2.24) is 20.4 Å². The molecule has 146 valence electrons. The molecule has 3 rings (SSSR count). The maximum Gasteiger partial charge on any atom is 0.287 e. The molecule has 0 radical (unpaired) electrons. The third kappa shape index (κ3) is 4.69. The quantitative estimate of drug-likeness (QED) is 0.163. The Labute approximate surface area is 153 Å². The molecule has 1 atom stereocenters. The Balaban J connectivity index is 1.68. The minimum absolute atomic E-state index is 0.0158. The van der Waals surface area contributed by atoms with E-state index in [1.165, 1.54) is 12.1 Å². The molecule has 27 heavy (non-hydrogen) atoms. The van der Waals surface area contributed by atoms with Crippen LogP contribution in [0, 0.1) is 5.82 Å². The number of benzene rings is 1. The molecule has 0 unspecified atom stereocenters. The summed E-state index contributed by atoms with van der Waals surface area (Å²) in [6.07, 6.45) is 1.41. The number of nitrogens with zero attached hydrogens (tertiary/aromatic N) is 3. The monoisotopic (exact) mass is 400 g/mol. The molecule has 0 fully saturated rings. The van der Waals surface area contributed by atoms with E-state index in [-0.39, 0.29) is 42.4 Å². The first kappa shape index (κ1) is 19.0. The standard InChI is InChI=1S/C14H17FN6O5S/c15-9-3-1-8-2-4-11(10(8)7-9)18-13(19-22)12-14(21-26-20-12)25-6-5-17-27(16,23)24/h1,3,7,11,17,22H,2,4-6H2,(H,18,19)(H2,16,23,24)/t11-/m0/s1. The van der Waals surface area contributed by atoms with E-state index in [0.29, 0.717) is 6.42 Å². The molecule has 1 aliphatic rings. The van der Waals surface area contributed by atoms with Crippen LogP contribution in [-0.4, -0.2) is 42.9 Å². The largest absolute Gasteiger partial charge is 0.472 e. The first-order valence-electron chi connectivity index (χ1n) is 7.87. The van der Waals surface area contributed by atoms with Crippen LogP contribution in [0.25, 0.3) is 0 Å². The number of aryl methyl sites for hydroxylation is 1. The molecule has 0 saturated carbocycles. The van der Waals surface area contributed by atoms with Crippen LogP contribution in [0.5, 0.6) is 5.88 Å². The van der Waals surface area contributed by atoms with Crippen molar-refractivity contribution in [2.45, 2.75) is 18.9 Å². The van der Waals surface area contributed by atoms with Gasteiger partial charge in [0.1, 0.15) is 12.4 Å². The molecule has 0 spiro atoms. The van der Waals surface area contributed by atoms with Gasteiger partial charge in [-0.25, -0.2) is 14.2 Å². The Kier molecular flexibility index (Phi) is 5.53. The van der Waals surface area contributed by atoms with Crippen molar-refractivity contribution in [3.8, 4) is 5.88 Å². The predicted molar refractivity (Wildman–Crippen MR) is 89.8 cm³/mol. The first-order chi connectivity index (χ1) is 12.9. The molecule has 0 saturated heterocycles. The van der Waals surface area contributed by atoms with Gasteiger partial charge in [-0.15, -0.1) is 0 Å². The number of nitrogens with two attached hydrogens (primary N) is 1. The Morgan fingerprint density at radius 3 is 3.04 bits per heavy atom. The zero-order valence-corrected chi connectivity index (χ0v) is 14.7. The number of ether oxygens (including phenoxy) is 1. The normalized spacial score (nSPS) is 17.0. The van der Waals surface area contributed by atoms with E-state index >= 15 is 0 Å². The summed E-state index contributed by atoms with van der Waals surface area (Å²) < 4.78 is 47.0. The lowest BCUT2D eigenvalue weighted by Gasteiger charge is -2.15. The molecule has 1 aromatic heterocycles. The van der Waals surface area contributed by atoms with Gasteiger partial charge in [0.15, 0.2) is 0 Å². The van der Waals surface area contributed by atoms with Gasteiger partial charge in [0.25, 0.3) is 16.1 Å². The molecular formula is C14H17FN6O5S. The number of hydrogen-bond donors (Lipinski definition) is 4. The highest BCUT2D eigenvalue weighted by Gasteiger charge is 2.27. The molecule has 5 N–H and O–H groups in total. The third-order valence-electron chi connectivity index (χ3n) is 3.92. The third-order valence-corrected chi connectivity index (χ3v) is 4.53. The number of halogens is 1. The highest BCUT2D eigenvalue weighted by Crippen LogP contribution is 2.32. The van der Waals surface area contributed by atoms with Gasteiger partial charge in [-0.1, -0.05) is 11.2 Å². The Bertz CT molecular complexity index is 947. The van der Waals surface area contributed by atoms with Gasteiger partial charge in [-0.2, -0.15) is 13.1 Å². The summed E-state index contributed by atoms with van der Waals surface area (Å²) in [6, 6.07) is 4.24. The van der Waals surface area contributed by atoms with Gasteiger partial charge in [0.2, 0.25) is 11.5 Å². The maximum atomic E-state index is 13.5. The summed E-state index contributed by atoms with van der Waals surface area (Å²) in [6.45, 7) is -0.229. The van der Waals surface area contributed by atoms with Gasteiger partial charge in [0, 0.05) is 6.54 Å². The Morgan fingerprint density at radius 2 is 2.30 bits per heavy atom. The second-order valence-electron chi connectivity index (χ2n) is 5.73. The highest BCUT2D eigenvalue weighted by atomic mass is 32.2. The van der Waals surface area contributed by atoms with Crippen LogP contribution in [0.15, 0.2) is 28.0 Å². The van der Waals surface area contributed by atoms with E-state index < -0.39 is 10.2 Å². The fourth-order valence-electron chi connectivity index (χ4n) is 2.78. The van der Waals surface area contributed by atoms with Crippen LogP contribution in [0.3, 0.4) is 0 Å². The van der Waals surface area contributed by atoms with E-state index in [2.05, 4.69) is 25.4 Å². The van der Waals surface area contributed by atoms with Crippen molar-refractivity contribution >= 4 is 16.0 Å². The molecule has 0 amide bonds. The summed E-state index contributed by atoms with van der Waals surface area (Å²) >= 11 is 0. The molecule has 1 aromatic carbocycles.